The summed E-state index contributed by atoms with van der Waals surface area (Å²) in [6.07, 6.45) is 6.36. The molecular formula is C25H31NO3. The molecule has 0 spiro atoms. The van der Waals surface area contributed by atoms with Crippen molar-refractivity contribution in [2.45, 2.75) is 57.4 Å². The molecule has 1 aliphatic carbocycles. The fourth-order valence-corrected chi connectivity index (χ4v) is 4.24. The molecule has 154 valence electrons. The van der Waals surface area contributed by atoms with Gasteiger partial charge in [-0.3, -0.25) is 9.69 Å². The summed E-state index contributed by atoms with van der Waals surface area (Å²) in [5.41, 5.74) is 1.48. The molecule has 0 atom stereocenters. The van der Waals surface area contributed by atoms with Gasteiger partial charge in [0.15, 0.2) is 0 Å². The van der Waals surface area contributed by atoms with Gasteiger partial charge in [-0.2, -0.15) is 0 Å². The molecule has 4 nitrogen and oxygen atoms in total. The lowest BCUT2D eigenvalue weighted by atomic mass is 9.75. The molecule has 0 radical (unpaired) electrons. The van der Waals surface area contributed by atoms with Crippen LogP contribution in [0.2, 0.25) is 0 Å². The SMILES string of the molecule is CCCCCN(C)C1(c2cccc(OC(=O)c3ccccc3)c2)CCC(=O)CC1. The molecular weight excluding hydrogens is 362 g/mol. The highest BCUT2D eigenvalue weighted by molar-refractivity contribution is 5.91. The van der Waals surface area contributed by atoms with Crippen LogP contribution < -0.4 is 4.74 Å². The topological polar surface area (TPSA) is 46.6 Å². The lowest BCUT2D eigenvalue weighted by molar-refractivity contribution is -0.123. The van der Waals surface area contributed by atoms with Crippen LogP contribution >= 0.6 is 0 Å². The van der Waals surface area contributed by atoms with Crippen LogP contribution in [0.4, 0.5) is 0 Å². The molecule has 0 saturated heterocycles. The minimum atomic E-state index is -0.355. The summed E-state index contributed by atoms with van der Waals surface area (Å²) < 4.78 is 5.65. The Morgan fingerprint density at radius 3 is 2.45 bits per heavy atom. The Morgan fingerprint density at radius 2 is 1.76 bits per heavy atom. The first-order valence-corrected chi connectivity index (χ1v) is 10.7. The number of ketones is 1. The van der Waals surface area contributed by atoms with E-state index in [1.165, 1.54) is 12.8 Å². The van der Waals surface area contributed by atoms with Crippen LogP contribution in [0.3, 0.4) is 0 Å². The van der Waals surface area contributed by atoms with Gasteiger partial charge in [-0.05, 0) is 62.7 Å². The number of hydrogen-bond donors (Lipinski definition) is 0. The molecule has 1 aliphatic rings. The second-order valence-electron chi connectivity index (χ2n) is 7.98. The number of unbranched alkanes of at least 4 members (excludes halogenated alkanes) is 2. The molecule has 0 heterocycles. The van der Waals surface area contributed by atoms with E-state index in [4.69, 9.17) is 4.74 Å². The first-order chi connectivity index (χ1) is 14.0. The Labute approximate surface area is 173 Å². The third-order valence-corrected chi connectivity index (χ3v) is 6.05. The average molecular weight is 394 g/mol. The zero-order chi connectivity index (χ0) is 20.7. The lowest BCUT2D eigenvalue weighted by Gasteiger charge is -2.45. The molecule has 1 saturated carbocycles. The van der Waals surface area contributed by atoms with Gasteiger partial charge in [0, 0.05) is 18.4 Å². The van der Waals surface area contributed by atoms with E-state index in [9.17, 15) is 9.59 Å². The smallest absolute Gasteiger partial charge is 0.343 e. The normalized spacial score (nSPS) is 16.0. The number of ether oxygens (including phenoxy) is 1. The van der Waals surface area contributed by atoms with Gasteiger partial charge in [-0.15, -0.1) is 0 Å². The van der Waals surface area contributed by atoms with E-state index < -0.39 is 0 Å². The van der Waals surface area contributed by atoms with E-state index in [0.29, 0.717) is 29.9 Å². The molecule has 0 bridgehead atoms. The molecule has 2 aromatic carbocycles. The summed E-state index contributed by atoms with van der Waals surface area (Å²) >= 11 is 0. The number of benzene rings is 2. The van der Waals surface area contributed by atoms with Crippen LogP contribution in [0.25, 0.3) is 0 Å². The van der Waals surface area contributed by atoms with Gasteiger partial charge in [0.05, 0.1) is 5.56 Å². The minimum absolute atomic E-state index is 0.184. The predicted molar refractivity (Wildman–Crippen MR) is 115 cm³/mol. The van der Waals surface area contributed by atoms with Crippen LogP contribution in [0.5, 0.6) is 5.75 Å². The number of hydrogen-bond acceptors (Lipinski definition) is 4. The Morgan fingerprint density at radius 1 is 1.03 bits per heavy atom. The van der Waals surface area contributed by atoms with Gasteiger partial charge in [0.25, 0.3) is 0 Å². The highest BCUT2D eigenvalue weighted by Crippen LogP contribution is 2.41. The van der Waals surface area contributed by atoms with Gasteiger partial charge < -0.3 is 4.74 Å². The Kier molecular flexibility index (Phi) is 7.21. The molecule has 4 heteroatoms. The second-order valence-corrected chi connectivity index (χ2v) is 7.98. The summed E-state index contributed by atoms with van der Waals surface area (Å²) in [5.74, 6) is 0.538. The number of esters is 1. The van der Waals surface area contributed by atoms with Gasteiger partial charge >= 0.3 is 5.97 Å². The summed E-state index contributed by atoms with van der Waals surface area (Å²) in [6.45, 7) is 3.20. The van der Waals surface area contributed by atoms with E-state index in [-0.39, 0.29) is 11.5 Å². The summed E-state index contributed by atoms with van der Waals surface area (Å²) in [6, 6.07) is 16.9. The van der Waals surface area contributed by atoms with E-state index in [1.54, 1.807) is 12.1 Å². The van der Waals surface area contributed by atoms with Crippen molar-refractivity contribution >= 4 is 11.8 Å². The van der Waals surface area contributed by atoms with Crippen molar-refractivity contribution in [3.8, 4) is 5.75 Å². The van der Waals surface area contributed by atoms with Crippen molar-refractivity contribution in [1.82, 2.24) is 4.90 Å². The van der Waals surface area contributed by atoms with Crippen LogP contribution in [0.15, 0.2) is 54.6 Å². The largest absolute Gasteiger partial charge is 0.423 e. The van der Waals surface area contributed by atoms with Crippen LogP contribution in [-0.4, -0.2) is 30.2 Å². The Hall–Kier alpha value is -2.46. The monoisotopic (exact) mass is 393 g/mol. The van der Waals surface area contributed by atoms with Crippen LogP contribution in [0, 0.1) is 0 Å². The standard InChI is InChI=1S/C25H31NO3/c1-3-4-8-18-26(2)25(16-14-22(27)15-17-25)21-12-9-13-23(19-21)29-24(28)20-10-6-5-7-11-20/h5-7,9-13,19H,3-4,8,14-18H2,1-2H3. The number of rotatable bonds is 8. The molecule has 1 fully saturated rings. The molecule has 3 rings (SSSR count). The van der Waals surface area contributed by atoms with Crippen molar-refractivity contribution in [2.24, 2.45) is 0 Å². The maximum absolute atomic E-state index is 12.5. The molecule has 2 aromatic rings. The van der Waals surface area contributed by atoms with Crippen molar-refractivity contribution in [1.29, 1.82) is 0 Å². The summed E-state index contributed by atoms with van der Waals surface area (Å²) in [4.78, 5) is 26.8. The van der Waals surface area contributed by atoms with Crippen molar-refractivity contribution in [3.63, 3.8) is 0 Å². The Balaban J connectivity index is 1.83. The third-order valence-electron chi connectivity index (χ3n) is 6.05. The van der Waals surface area contributed by atoms with Crippen LogP contribution in [-0.2, 0) is 10.3 Å². The zero-order valence-corrected chi connectivity index (χ0v) is 17.5. The minimum Gasteiger partial charge on any atom is -0.423 e. The number of carbonyl (C=O) groups excluding carboxylic acids is 2. The Bertz CT molecular complexity index is 821. The number of Topliss-reactive ketones (excluding diaryl/α,β-unsaturated/α-hetero) is 1. The number of carbonyl (C=O) groups is 2. The highest BCUT2D eigenvalue weighted by Gasteiger charge is 2.39. The van der Waals surface area contributed by atoms with E-state index in [1.807, 2.05) is 36.4 Å². The predicted octanol–water partition coefficient (Wildman–Crippen LogP) is 5.37. The van der Waals surface area contributed by atoms with Crippen molar-refractivity contribution in [2.75, 3.05) is 13.6 Å². The molecule has 0 N–H and O–H groups in total. The van der Waals surface area contributed by atoms with E-state index in [2.05, 4.69) is 24.9 Å². The molecule has 0 amide bonds. The number of nitrogens with zero attached hydrogens (tertiary/aromatic N) is 1. The molecule has 0 unspecified atom stereocenters. The fraction of sp³-hybridized carbons (Fsp3) is 0.440. The third kappa shape index (κ3) is 5.13. The lowest BCUT2D eigenvalue weighted by Crippen LogP contribution is -2.47. The zero-order valence-electron chi connectivity index (χ0n) is 17.5. The molecule has 29 heavy (non-hydrogen) atoms. The van der Waals surface area contributed by atoms with Crippen molar-refractivity contribution in [3.05, 3.63) is 65.7 Å². The van der Waals surface area contributed by atoms with Gasteiger partial charge in [-0.25, -0.2) is 4.79 Å². The summed E-state index contributed by atoms with van der Waals surface area (Å²) in [7, 11) is 2.16. The molecule has 0 aliphatic heterocycles. The van der Waals surface area contributed by atoms with Crippen LogP contribution in [0.1, 0.15) is 67.8 Å². The van der Waals surface area contributed by atoms with E-state index >= 15 is 0 Å². The van der Waals surface area contributed by atoms with Gasteiger partial charge in [0.1, 0.15) is 11.5 Å². The average Bonchev–Trinajstić information content (AvgIpc) is 2.75. The van der Waals surface area contributed by atoms with Gasteiger partial charge in [0.2, 0.25) is 0 Å². The highest BCUT2D eigenvalue weighted by atomic mass is 16.5. The maximum Gasteiger partial charge on any atom is 0.343 e. The molecule has 0 aromatic heterocycles. The van der Waals surface area contributed by atoms with Crippen molar-refractivity contribution < 1.29 is 14.3 Å². The quantitative estimate of drug-likeness (QED) is 0.344. The first-order valence-electron chi connectivity index (χ1n) is 10.7. The maximum atomic E-state index is 12.5. The fourth-order valence-electron chi connectivity index (χ4n) is 4.24. The van der Waals surface area contributed by atoms with E-state index in [0.717, 1.165) is 31.4 Å². The van der Waals surface area contributed by atoms with Gasteiger partial charge in [-0.1, -0.05) is 50.1 Å². The summed E-state index contributed by atoms with van der Waals surface area (Å²) in [5, 5.41) is 0. The second kappa shape index (κ2) is 9.84. The first kappa shape index (κ1) is 21.3.